The number of thiophene rings is 4. The molecule has 3 aliphatic rings. The molecule has 1 atom stereocenters. The first-order chi connectivity index (χ1) is 29.7. The zero-order chi connectivity index (χ0) is 41.6. The van der Waals surface area contributed by atoms with E-state index in [0.717, 1.165) is 34.8 Å². The molecule has 12 heteroatoms. The Hall–Kier alpha value is -6.41. The van der Waals surface area contributed by atoms with Crippen LogP contribution in [0.15, 0.2) is 132 Å². The summed E-state index contributed by atoms with van der Waals surface area (Å²) < 4.78 is 15.6. The Morgan fingerprint density at radius 1 is 0.590 bits per heavy atom. The van der Waals surface area contributed by atoms with E-state index in [9.17, 15) is 19.5 Å². The molecule has 4 heterocycles. The van der Waals surface area contributed by atoms with Crippen LogP contribution in [0.3, 0.4) is 0 Å². The van der Waals surface area contributed by atoms with Gasteiger partial charge in [-0.1, -0.05) is 109 Å². The first kappa shape index (κ1) is 37.6. The van der Waals surface area contributed by atoms with Crippen LogP contribution in [-0.4, -0.2) is 34.4 Å². The van der Waals surface area contributed by atoms with Gasteiger partial charge in [-0.05, 0) is 41.0 Å². The lowest BCUT2D eigenvalue weighted by molar-refractivity contribution is -0.164. The Balaban J connectivity index is 1.08. The van der Waals surface area contributed by atoms with Gasteiger partial charge in [0.1, 0.15) is 19.3 Å². The second-order valence-corrected chi connectivity index (χ2v) is 19.1. The third kappa shape index (κ3) is 5.74. The van der Waals surface area contributed by atoms with Crippen molar-refractivity contribution in [1.82, 2.24) is 0 Å². The van der Waals surface area contributed by atoms with Gasteiger partial charge >= 0.3 is 11.9 Å². The molecular formula is C49H28O8S4. The molecule has 61 heavy (non-hydrogen) atoms. The molecule has 8 aromatic rings. The van der Waals surface area contributed by atoms with Crippen molar-refractivity contribution in [2.45, 2.75) is 24.7 Å². The van der Waals surface area contributed by atoms with Crippen LogP contribution in [0.4, 0.5) is 0 Å². The summed E-state index contributed by atoms with van der Waals surface area (Å²) in [5, 5.41) is 11.3. The summed E-state index contributed by atoms with van der Waals surface area (Å²) >= 11 is 5.63. The normalized spacial score (nSPS) is 16.6. The molecule has 1 N–H and O–H groups in total. The fourth-order valence-corrected chi connectivity index (χ4v) is 14.1. The maximum atomic E-state index is 15.1. The summed E-state index contributed by atoms with van der Waals surface area (Å²) in [6, 6.07) is 35.9. The Morgan fingerprint density at radius 3 is 1.79 bits per heavy atom. The van der Waals surface area contributed by atoms with Gasteiger partial charge in [0.2, 0.25) is 5.41 Å². The Morgan fingerprint density at radius 2 is 1.16 bits per heavy atom. The van der Waals surface area contributed by atoms with Gasteiger partial charge in [0.05, 0.1) is 29.4 Å². The molecule has 0 spiro atoms. The van der Waals surface area contributed by atoms with Crippen LogP contribution in [-0.2, 0) is 37.7 Å². The van der Waals surface area contributed by atoms with Crippen LogP contribution in [0.1, 0.15) is 74.7 Å². The quantitative estimate of drug-likeness (QED) is 0.0693. The predicted octanol–water partition coefficient (Wildman–Crippen LogP) is 10.8. The van der Waals surface area contributed by atoms with Gasteiger partial charge in [0.15, 0.2) is 17.3 Å². The highest BCUT2D eigenvalue weighted by atomic mass is 32.1. The molecule has 0 saturated heterocycles. The third-order valence-corrected chi connectivity index (χ3v) is 16.4. The lowest BCUT2D eigenvalue weighted by atomic mass is 9.79. The smallest absolute Gasteiger partial charge is 0.333 e. The summed E-state index contributed by atoms with van der Waals surface area (Å²) in [5.41, 5.74) is 2.34. The number of aliphatic hydroxyl groups is 1. The Kier molecular flexibility index (Phi) is 8.85. The molecule has 11 rings (SSSR count). The van der Waals surface area contributed by atoms with Crippen LogP contribution in [0, 0.1) is 0 Å². The molecule has 296 valence electrons. The maximum Gasteiger partial charge on any atom is 0.333 e. The van der Waals surface area contributed by atoms with E-state index in [1.807, 2.05) is 66.7 Å². The highest BCUT2D eigenvalue weighted by molar-refractivity contribution is 7.40. The van der Waals surface area contributed by atoms with Crippen molar-refractivity contribution < 1.29 is 38.6 Å². The van der Waals surface area contributed by atoms with Crippen molar-refractivity contribution in [3.63, 3.8) is 0 Å². The summed E-state index contributed by atoms with van der Waals surface area (Å²) in [6.07, 6.45) is 2.15. The third-order valence-electron chi connectivity index (χ3n) is 11.3. The Bertz CT molecular complexity index is 3180. The molecule has 4 aromatic heterocycles. The van der Waals surface area contributed by atoms with E-state index in [2.05, 4.69) is 0 Å². The van der Waals surface area contributed by atoms with Crippen molar-refractivity contribution in [2.24, 2.45) is 0 Å². The van der Waals surface area contributed by atoms with Crippen molar-refractivity contribution in [3.05, 3.63) is 187 Å². The minimum Gasteiger partial charge on any atom is -0.459 e. The van der Waals surface area contributed by atoms with E-state index in [4.69, 9.17) is 9.47 Å². The largest absolute Gasteiger partial charge is 0.459 e. The number of benzene rings is 4. The number of hydrogen-bond acceptors (Lipinski definition) is 12. The fourth-order valence-electron chi connectivity index (χ4n) is 8.44. The average molecular weight is 873 g/mol. The van der Waals surface area contributed by atoms with Crippen LogP contribution in [0.2, 0.25) is 0 Å². The number of aliphatic hydroxyl groups excluding tert-OH is 1. The summed E-state index contributed by atoms with van der Waals surface area (Å²) in [7, 11) is 0. The lowest BCUT2D eigenvalue weighted by Crippen LogP contribution is -2.45. The van der Waals surface area contributed by atoms with Gasteiger partial charge < -0.3 is 14.6 Å². The van der Waals surface area contributed by atoms with E-state index >= 15 is 9.59 Å². The van der Waals surface area contributed by atoms with Crippen molar-refractivity contribution >= 4 is 106 Å². The number of allylic oxidation sites excluding steroid dienone is 1. The van der Waals surface area contributed by atoms with Crippen molar-refractivity contribution in [1.29, 1.82) is 0 Å². The number of carbonyl (C=O) groups excluding carboxylic acids is 5. The first-order valence-corrected chi connectivity index (χ1v) is 22.5. The summed E-state index contributed by atoms with van der Waals surface area (Å²) in [4.78, 5) is 73.1. The maximum absolute atomic E-state index is 15.1. The zero-order valence-electron chi connectivity index (χ0n) is 31.6. The standard InChI is InChI=1S/C49H28O8S4/c50-38-29-15-7-8-16-30(29)39(51)33(38)19-27-21-35-42(58-27)44-37(49(35,47(54)56-23-25-11-3-1-4-12-25)48(55)57-24-26-13-5-2-6-14-26)45-46(61-44)43-36(60-45)22-28(59-43)20-34-40(52)31-17-9-10-18-32(31)41(34)53/h1-22,38,50H,23-24H2/b33-19-. The molecule has 3 aliphatic carbocycles. The monoisotopic (exact) mass is 872 g/mol. The molecule has 4 aromatic carbocycles. The average Bonchev–Trinajstić information content (AvgIpc) is 4.15. The predicted molar refractivity (Wildman–Crippen MR) is 238 cm³/mol. The molecule has 0 bridgehead atoms. The fraction of sp³-hybridized carbons (Fsp3) is 0.0816. The number of ketones is 3. The molecule has 0 aliphatic heterocycles. The van der Waals surface area contributed by atoms with E-state index < -0.39 is 23.5 Å². The van der Waals surface area contributed by atoms with Crippen LogP contribution in [0.25, 0.3) is 40.7 Å². The second-order valence-electron chi connectivity index (χ2n) is 14.9. The number of rotatable bonds is 8. The van der Waals surface area contributed by atoms with Crippen molar-refractivity contribution in [2.75, 3.05) is 0 Å². The van der Waals surface area contributed by atoms with Gasteiger partial charge in [-0.25, -0.2) is 0 Å². The molecule has 0 fully saturated rings. The SMILES string of the molecule is O=C1C(=Cc2cc3sc4c5c(sc4c3s2)-c2sc(/C=C3\C(=O)c4ccccc4C3O)cc2C5(C(=O)OCc2ccccc2)C(=O)OCc2ccccc2)C(=O)c2ccccc21. The van der Waals surface area contributed by atoms with E-state index in [1.165, 1.54) is 45.3 Å². The lowest BCUT2D eigenvalue weighted by Gasteiger charge is -2.26. The van der Waals surface area contributed by atoms with Crippen LogP contribution >= 0.6 is 45.3 Å². The van der Waals surface area contributed by atoms with Gasteiger partial charge in [0, 0.05) is 47.8 Å². The Labute approximate surface area is 363 Å². The molecule has 0 amide bonds. The molecular weight excluding hydrogens is 845 g/mol. The minimum atomic E-state index is -2.05. The number of hydrogen-bond donors (Lipinski definition) is 1. The van der Waals surface area contributed by atoms with E-state index in [1.54, 1.807) is 66.7 Å². The first-order valence-electron chi connectivity index (χ1n) is 19.2. The van der Waals surface area contributed by atoms with Crippen LogP contribution in [0.5, 0.6) is 0 Å². The number of Topliss-reactive ketones (excluding diaryl/α,β-unsaturated/α-hetero) is 3. The number of esters is 2. The van der Waals surface area contributed by atoms with E-state index in [-0.39, 0.29) is 41.7 Å². The van der Waals surface area contributed by atoms with Gasteiger partial charge in [-0.3, -0.25) is 24.0 Å². The highest BCUT2D eigenvalue weighted by Gasteiger charge is 2.61. The molecule has 0 radical (unpaired) electrons. The minimum absolute atomic E-state index is 0.0931. The van der Waals surface area contributed by atoms with Crippen LogP contribution < -0.4 is 0 Å². The number of carbonyl (C=O) groups is 5. The molecule has 0 saturated carbocycles. The van der Waals surface area contributed by atoms with Crippen molar-refractivity contribution in [3.8, 4) is 9.75 Å². The number of fused-ring (bicyclic) bond motifs is 9. The topological polar surface area (TPSA) is 124 Å². The summed E-state index contributed by atoms with van der Waals surface area (Å²) in [6.45, 7) is -0.186. The number of ether oxygens (including phenoxy) is 2. The highest BCUT2D eigenvalue weighted by Crippen LogP contribution is 2.62. The summed E-state index contributed by atoms with van der Waals surface area (Å²) in [5.74, 6) is -2.50. The van der Waals surface area contributed by atoms with Gasteiger partial charge in [-0.2, -0.15) is 0 Å². The van der Waals surface area contributed by atoms with Gasteiger partial charge in [0.25, 0.3) is 0 Å². The van der Waals surface area contributed by atoms with Gasteiger partial charge in [-0.15, -0.1) is 45.3 Å². The molecule has 1 unspecified atom stereocenters. The molecule has 8 nitrogen and oxygen atoms in total. The second kappa shape index (κ2) is 14.4. The zero-order valence-corrected chi connectivity index (χ0v) is 34.9. The van der Waals surface area contributed by atoms with E-state index in [0.29, 0.717) is 48.0 Å².